The van der Waals surface area contributed by atoms with Gasteiger partial charge in [0.1, 0.15) is 0 Å². The van der Waals surface area contributed by atoms with Gasteiger partial charge in [0.25, 0.3) is 0 Å². The van der Waals surface area contributed by atoms with Gasteiger partial charge in [-0.2, -0.15) is 5.10 Å². The zero-order valence-electron chi connectivity index (χ0n) is 8.02. The fourth-order valence-corrected chi connectivity index (χ4v) is 1.61. The van der Waals surface area contributed by atoms with Crippen LogP contribution in [0.5, 0.6) is 0 Å². The van der Waals surface area contributed by atoms with Gasteiger partial charge in [0.05, 0.1) is 11.2 Å². The first-order valence-corrected chi connectivity index (χ1v) is 4.77. The normalized spacial score (nSPS) is 10.4. The van der Waals surface area contributed by atoms with Crippen molar-refractivity contribution >= 4 is 28.6 Å². The van der Waals surface area contributed by atoms with Crippen molar-refractivity contribution in [2.75, 3.05) is 19.0 Å². The lowest BCUT2D eigenvalue weighted by Crippen LogP contribution is -2.24. The summed E-state index contributed by atoms with van der Waals surface area (Å²) in [6, 6.07) is 3.24. The number of nitrogens with zero attached hydrogens (tertiary/aromatic N) is 2. The molecule has 0 saturated carbocycles. The second-order valence-electron chi connectivity index (χ2n) is 2.80. The van der Waals surface area contributed by atoms with Crippen LogP contribution in [-0.2, 0) is 0 Å². The number of hydrogen-bond acceptors (Lipinski definition) is 4. The SMILES string of the molecule is CN(C)c1ccc(C=NNC(N)=O)s1. The second-order valence-corrected chi connectivity index (χ2v) is 3.90. The second kappa shape index (κ2) is 4.61. The molecule has 1 rings (SSSR count). The molecule has 0 unspecified atom stereocenters. The van der Waals surface area contributed by atoms with Gasteiger partial charge in [-0.3, -0.25) is 0 Å². The third-order valence-electron chi connectivity index (χ3n) is 1.42. The smallest absolute Gasteiger partial charge is 0.332 e. The zero-order chi connectivity index (χ0) is 10.6. The van der Waals surface area contributed by atoms with Crippen molar-refractivity contribution in [3.8, 4) is 0 Å². The van der Waals surface area contributed by atoms with Crippen molar-refractivity contribution in [3.63, 3.8) is 0 Å². The van der Waals surface area contributed by atoms with E-state index in [0.717, 1.165) is 9.88 Å². The average molecular weight is 212 g/mol. The number of rotatable bonds is 3. The molecule has 14 heavy (non-hydrogen) atoms. The molecule has 0 aliphatic rings. The number of primary amides is 1. The number of urea groups is 1. The first-order valence-electron chi connectivity index (χ1n) is 3.95. The molecule has 0 aliphatic carbocycles. The standard InChI is InChI=1S/C8H12N4OS/c1-12(2)7-4-3-6(14-7)5-10-11-8(9)13/h3-5H,1-2H3,(H3,9,11,13). The molecule has 0 fully saturated rings. The summed E-state index contributed by atoms with van der Waals surface area (Å²) in [5.41, 5.74) is 6.98. The van der Waals surface area contributed by atoms with Crippen molar-refractivity contribution in [2.45, 2.75) is 0 Å². The Hall–Kier alpha value is -1.56. The molecule has 5 nitrogen and oxygen atoms in total. The molecule has 0 aliphatic heterocycles. The summed E-state index contributed by atoms with van der Waals surface area (Å²) in [5, 5.41) is 4.79. The maximum absolute atomic E-state index is 10.3. The van der Waals surface area contributed by atoms with Gasteiger partial charge in [0, 0.05) is 19.0 Å². The van der Waals surface area contributed by atoms with Crippen LogP contribution in [-0.4, -0.2) is 26.3 Å². The molecule has 2 amide bonds. The molecule has 0 atom stereocenters. The molecule has 3 N–H and O–H groups in total. The Morgan fingerprint density at radius 2 is 2.36 bits per heavy atom. The quantitative estimate of drug-likeness (QED) is 0.575. The Labute approximate surface area is 86.2 Å². The van der Waals surface area contributed by atoms with E-state index in [1.54, 1.807) is 17.6 Å². The molecular weight excluding hydrogens is 200 g/mol. The number of amides is 2. The van der Waals surface area contributed by atoms with Crippen molar-refractivity contribution in [3.05, 3.63) is 17.0 Å². The van der Waals surface area contributed by atoms with Gasteiger partial charge in [-0.25, -0.2) is 10.2 Å². The average Bonchev–Trinajstić information content (AvgIpc) is 2.52. The molecule has 6 heteroatoms. The number of nitrogens with one attached hydrogen (secondary N) is 1. The van der Waals surface area contributed by atoms with Crippen molar-refractivity contribution in [1.29, 1.82) is 0 Å². The Bertz CT molecular complexity index is 345. The number of anilines is 1. The monoisotopic (exact) mass is 212 g/mol. The van der Waals surface area contributed by atoms with E-state index < -0.39 is 6.03 Å². The number of hydrazone groups is 1. The highest BCUT2D eigenvalue weighted by atomic mass is 32.1. The molecule has 0 aromatic carbocycles. The molecule has 0 saturated heterocycles. The van der Waals surface area contributed by atoms with Gasteiger partial charge in [-0.1, -0.05) is 0 Å². The number of carbonyl (C=O) groups is 1. The molecule has 0 bridgehead atoms. The van der Waals surface area contributed by atoms with E-state index in [1.807, 2.05) is 31.1 Å². The number of hydrogen-bond donors (Lipinski definition) is 2. The number of nitrogens with two attached hydrogens (primary N) is 1. The minimum absolute atomic E-state index is 0.661. The first kappa shape index (κ1) is 10.5. The van der Waals surface area contributed by atoms with Gasteiger partial charge in [0.15, 0.2) is 0 Å². The maximum Gasteiger partial charge on any atom is 0.332 e. The van der Waals surface area contributed by atoms with Crippen molar-refractivity contribution < 1.29 is 4.79 Å². The van der Waals surface area contributed by atoms with E-state index in [0.29, 0.717) is 0 Å². The third kappa shape index (κ3) is 3.06. The van der Waals surface area contributed by atoms with Gasteiger partial charge < -0.3 is 10.6 Å². The van der Waals surface area contributed by atoms with E-state index in [-0.39, 0.29) is 0 Å². The summed E-state index contributed by atoms with van der Waals surface area (Å²) in [5.74, 6) is 0. The van der Waals surface area contributed by atoms with Gasteiger partial charge >= 0.3 is 6.03 Å². The lowest BCUT2D eigenvalue weighted by molar-refractivity contribution is 0.249. The summed E-state index contributed by atoms with van der Waals surface area (Å²) in [7, 11) is 3.93. The summed E-state index contributed by atoms with van der Waals surface area (Å²) >= 11 is 1.58. The van der Waals surface area contributed by atoms with Crippen LogP contribution in [0.3, 0.4) is 0 Å². The topological polar surface area (TPSA) is 70.7 Å². The highest BCUT2D eigenvalue weighted by molar-refractivity contribution is 7.17. The van der Waals surface area contributed by atoms with Crippen LogP contribution in [0.15, 0.2) is 17.2 Å². The lowest BCUT2D eigenvalue weighted by atomic mass is 10.5. The van der Waals surface area contributed by atoms with Crippen LogP contribution in [0.1, 0.15) is 4.88 Å². The van der Waals surface area contributed by atoms with E-state index in [4.69, 9.17) is 5.73 Å². The lowest BCUT2D eigenvalue weighted by Gasteiger charge is -2.06. The van der Waals surface area contributed by atoms with E-state index in [2.05, 4.69) is 10.5 Å². The Morgan fingerprint density at radius 1 is 1.64 bits per heavy atom. The van der Waals surface area contributed by atoms with E-state index in [1.165, 1.54) is 0 Å². The minimum atomic E-state index is -0.661. The molecule has 1 aromatic rings. The summed E-state index contributed by atoms with van der Waals surface area (Å²) in [6.45, 7) is 0. The summed E-state index contributed by atoms with van der Waals surface area (Å²) in [6.07, 6.45) is 1.56. The van der Waals surface area contributed by atoms with E-state index in [9.17, 15) is 4.79 Å². The molecule has 76 valence electrons. The van der Waals surface area contributed by atoms with Gasteiger partial charge in [0.2, 0.25) is 0 Å². The molecule has 1 heterocycles. The van der Waals surface area contributed by atoms with Crippen LogP contribution in [0.25, 0.3) is 0 Å². The fraction of sp³-hybridized carbons (Fsp3) is 0.250. The first-order chi connectivity index (χ1) is 6.59. The zero-order valence-corrected chi connectivity index (χ0v) is 8.84. The predicted octanol–water partition coefficient (Wildman–Crippen LogP) is 0.816. The third-order valence-corrected chi connectivity index (χ3v) is 2.61. The van der Waals surface area contributed by atoms with Crippen LogP contribution >= 0.6 is 11.3 Å². The molecule has 1 aromatic heterocycles. The van der Waals surface area contributed by atoms with E-state index >= 15 is 0 Å². The number of carbonyl (C=O) groups excluding carboxylic acids is 1. The fourth-order valence-electron chi connectivity index (χ4n) is 0.811. The van der Waals surface area contributed by atoms with Gasteiger partial charge in [-0.05, 0) is 12.1 Å². The summed E-state index contributed by atoms with van der Waals surface area (Å²) in [4.78, 5) is 13.3. The molecular formula is C8H12N4OS. The van der Waals surface area contributed by atoms with Crippen molar-refractivity contribution in [1.82, 2.24) is 5.43 Å². The van der Waals surface area contributed by atoms with Crippen LogP contribution < -0.4 is 16.1 Å². The largest absolute Gasteiger partial charge is 0.370 e. The number of thiophene rings is 1. The summed E-state index contributed by atoms with van der Waals surface area (Å²) < 4.78 is 0. The molecule has 0 radical (unpaired) electrons. The van der Waals surface area contributed by atoms with Crippen LogP contribution in [0.2, 0.25) is 0 Å². The van der Waals surface area contributed by atoms with Crippen LogP contribution in [0, 0.1) is 0 Å². The van der Waals surface area contributed by atoms with Crippen LogP contribution in [0.4, 0.5) is 9.80 Å². The minimum Gasteiger partial charge on any atom is -0.370 e. The maximum atomic E-state index is 10.3. The van der Waals surface area contributed by atoms with Crippen molar-refractivity contribution in [2.24, 2.45) is 10.8 Å². The Balaban J connectivity index is 2.59. The predicted molar refractivity (Wildman–Crippen MR) is 59.0 cm³/mol. The highest BCUT2D eigenvalue weighted by Gasteiger charge is 1.98. The Morgan fingerprint density at radius 3 is 2.86 bits per heavy atom. The Kier molecular flexibility index (Phi) is 3.47. The molecule has 0 spiro atoms. The van der Waals surface area contributed by atoms with Gasteiger partial charge in [-0.15, -0.1) is 11.3 Å². The highest BCUT2D eigenvalue weighted by Crippen LogP contribution is 2.22.